The summed E-state index contributed by atoms with van der Waals surface area (Å²) in [6.07, 6.45) is 5.65. The summed E-state index contributed by atoms with van der Waals surface area (Å²) in [5.41, 5.74) is 0. The second-order valence-corrected chi connectivity index (χ2v) is 1.52. The Kier molecular flexibility index (Phi) is 13.2. The average molecular weight is 142 g/mol. The Morgan fingerprint density at radius 3 is 2.10 bits per heavy atom. The Morgan fingerprint density at radius 1 is 1.30 bits per heavy atom. The molecule has 2 nitrogen and oxygen atoms in total. The second kappa shape index (κ2) is 11.1. The van der Waals surface area contributed by atoms with E-state index in [2.05, 4.69) is 4.99 Å². The Hall–Kier alpha value is -0.790. The second-order valence-electron chi connectivity index (χ2n) is 1.52. The maximum absolute atomic E-state index is 3.80. The normalized spacial score (nSPS) is 9.70. The first-order chi connectivity index (χ1) is 4.81. The third-order valence-corrected chi connectivity index (χ3v) is 0.682. The van der Waals surface area contributed by atoms with Crippen LogP contribution in [0.2, 0.25) is 0 Å². The van der Waals surface area contributed by atoms with E-state index in [0.717, 1.165) is 0 Å². The molecule has 0 amide bonds. The van der Waals surface area contributed by atoms with E-state index >= 15 is 0 Å². The molecule has 0 N–H and O–H groups in total. The lowest BCUT2D eigenvalue weighted by Gasteiger charge is -2.02. The summed E-state index contributed by atoms with van der Waals surface area (Å²) in [6, 6.07) is 0. The molecule has 0 aromatic heterocycles. The van der Waals surface area contributed by atoms with Crippen LogP contribution in [0, 0.1) is 0 Å². The van der Waals surface area contributed by atoms with Crippen molar-refractivity contribution in [3.63, 3.8) is 0 Å². The van der Waals surface area contributed by atoms with Crippen molar-refractivity contribution in [2.45, 2.75) is 20.8 Å². The lowest BCUT2D eigenvalue weighted by atomic mass is 10.7. The molecule has 0 aliphatic rings. The fraction of sp³-hybridized carbons (Fsp3) is 0.625. The van der Waals surface area contributed by atoms with Crippen LogP contribution in [0.5, 0.6) is 0 Å². The summed E-state index contributed by atoms with van der Waals surface area (Å²) >= 11 is 0. The maximum Gasteiger partial charge on any atom is 0.0883 e. The third-order valence-electron chi connectivity index (χ3n) is 0.682. The number of nitrogens with zero attached hydrogens (tertiary/aromatic N) is 2. The smallest absolute Gasteiger partial charge is 0.0883 e. The van der Waals surface area contributed by atoms with E-state index in [-0.39, 0.29) is 0 Å². The molecule has 0 saturated carbocycles. The van der Waals surface area contributed by atoms with Crippen molar-refractivity contribution in [1.29, 1.82) is 0 Å². The van der Waals surface area contributed by atoms with E-state index < -0.39 is 0 Å². The predicted molar refractivity (Wildman–Crippen MR) is 48.3 cm³/mol. The first-order valence-corrected chi connectivity index (χ1v) is 3.58. The van der Waals surface area contributed by atoms with Crippen LogP contribution >= 0.6 is 0 Å². The summed E-state index contributed by atoms with van der Waals surface area (Å²) < 4.78 is 0. The van der Waals surface area contributed by atoms with Gasteiger partial charge >= 0.3 is 0 Å². The van der Waals surface area contributed by atoms with E-state index in [1.165, 1.54) is 0 Å². The minimum atomic E-state index is 1.75. The molecule has 0 aromatic carbocycles. The number of aliphatic imine (C=N–C) groups is 1. The van der Waals surface area contributed by atoms with Crippen molar-refractivity contribution >= 4 is 6.34 Å². The monoisotopic (exact) mass is 142 g/mol. The molecule has 0 fully saturated rings. The van der Waals surface area contributed by atoms with Gasteiger partial charge in [-0.3, -0.25) is 4.99 Å². The van der Waals surface area contributed by atoms with Gasteiger partial charge in [-0.2, -0.15) is 0 Å². The maximum atomic E-state index is 3.80. The Labute approximate surface area is 64.3 Å². The topological polar surface area (TPSA) is 15.6 Å². The van der Waals surface area contributed by atoms with E-state index in [1.54, 1.807) is 13.4 Å². The molecule has 0 heterocycles. The van der Waals surface area contributed by atoms with Gasteiger partial charge in [-0.1, -0.05) is 19.9 Å². The van der Waals surface area contributed by atoms with Crippen molar-refractivity contribution in [3.05, 3.63) is 12.3 Å². The molecule has 2 heteroatoms. The molecule has 0 saturated heterocycles. The Balaban J connectivity index is 0. The Bertz CT molecular complexity index is 83.4. The summed E-state index contributed by atoms with van der Waals surface area (Å²) in [4.78, 5) is 5.69. The van der Waals surface area contributed by atoms with Crippen LogP contribution in [-0.2, 0) is 0 Å². The molecule has 0 atom stereocenters. The molecule has 0 aliphatic heterocycles. The van der Waals surface area contributed by atoms with E-state index in [1.807, 2.05) is 45.0 Å². The molecule has 0 aromatic rings. The highest BCUT2D eigenvalue weighted by Crippen LogP contribution is 1.76. The van der Waals surface area contributed by atoms with E-state index in [9.17, 15) is 0 Å². The fourth-order valence-electron chi connectivity index (χ4n) is 0.456. The zero-order chi connectivity index (χ0) is 8.41. The third kappa shape index (κ3) is 10.2. The van der Waals surface area contributed by atoms with Gasteiger partial charge in [0.15, 0.2) is 0 Å². The van der Waals surface area contributed by atoms with Crippen molar-refractivity contribution < 1.29 is 0 Å². The van der Waals surface area contributed by atoms with E-state index in [0.29, 0.717) is 0 Å². The number of rotatable bonds is 2. The van der Waals surface area contributed by atoms with Gasteiger partial charge in [0.1, 0.15) is 0 Å². The van der Waals surface area contributed by atoms with Gasteiger partial charge in [-0.15, -0.1) is 0 Å². The minimum absolute atomic E-state index is 1.75. The van der Waals surface area contributed by atoms with Crippen LogP contribution in [0.15, 0.2) is 17.3 Å². The number of hydrogen-bond donors (Lipinski definition) is 0. The number of allylic oxidation sites excluding steroid dienone is 1. The quantitative estimate of drug-likeness (QED) is 0.426. The van der Waals surface area contributed by atoms with Gasteiger partial charge in [0, 0.05) is 20.3 Å². The standard InChI is InChI=1S/C6H12N2.C2H6/c1-4-5-8(3)6-7-2;1-2/h4-6H,1-3H3;1-2H3/b5-4+,7-6?;. The number of hydrogen-bond acceptors (Lipinski definition) is 1. The molecule has 0 bridgehead atoms. The van der Waals surface area contributed by atoms with Crippen molar-refractivity contribution in [2.24, 2.45) is 4.99 Å². The highest BCUT2D eigenvalue weighted by Gasteiger charge is 1.75. The zero-order valence-corrected chi connectivity index (χ0v) is 7.63. The molecule has 0 radical (unpaired) electrons. The summed E-state index contributed by atoms with van der Waals surface area (Å²) in [6.45, 7) is 5.97. The van der Waals surface area contributed by atoms with Gasteiger partial charge in [0.25, 0.3) is 0 Å². The molecule has 60 valence electrons. The summed E-state index contributed by atoms with van der Waals surface area (Å²) in [5, 5.41) is 0. The predicted octanol–water partition coefficient (Wildman–Crippen LogP) is 2.14. The summed E-state index contributed by atoms with van der Waals surface area (Å²) in [7, 11) is 3.69. The van der Waals surface area contributed by atoms with Crippen LogP contribution in [0.4, 0.5) is 0 Å². The lowest BCUT2D eigenvalue weighted by Crippen LogP contribution is -2.05. The van der Waals surface area contributed by atoms with Gasteiger partial charge < -0.3 is 4.90 Å². The molecule has 10 heavy (non-hydrogen) atoms. The SMILES string of the molecule is C/C=C/N(C)C=NC.CC. The first-order valence-electron chi connectivity index (χ1n) is 3.58. The van der Waals surface area contributed by atoms with Gasteiger partial charge in [-0.05, 0) is 6.92 Å². The van der Waals surface area contributed by atoms with E-state index in [4.69, 9.17) is 0 Å². The van der Waals surface area contributed by atoms with Crippen LogP contribution in [0.3, 0.4) is 0 Å². The zero-order valence-electron chi connectivity index (χ0n) is 7.63. The highest BCUT2D eigenvalue weighted by atomic mass is 15.1. The minimum Gasteiger partial charge on any atom is -0.343 e. The highest BCUT2D eigenvalue weighted by molar-refractivity contribution is 5.55. The molecular formula is C8H18N2. The van der Waals surface area contributed by atoms with Gasteiger partial charge in [0.05, 0.1) is 6.34 Å². The van der Waals surface area contributed by atoms with Crippen LogP contribution in [0.1, 0.15) is 20.8 Å². The largest absolute Gasteiger partial charge is 0.343 e. The first kappa shape index (κ1) is 11.9. The van der Waals surface area contributed by atoms with Crippen LogP contribution in [0.25, 0.3) is 0 Å². The van der Waals surface area contributed by atoms with Crippen molar-refractivity contribution in [3.8, 4) is 0 Å². The average Bonchev–Trinajstić information content (AvgIpc) is 1.93. The van der Waals surface area contributed by atoms with Crippen LogP contribution < -0.4 is 0 Å². The summed E-state index contributed by atoms with van der Waals surface area (Å²) in [5.74, 6) is 0. The fourth-order valence-corrected chi connectivity index (χ4v) is 0.456. The molecule has 0 unspecified atom stereocenters. The van der Waals surface area contributed by atoms with Crippen molar-refractivity contribution in [2.75, 3.05) is 14.1 Å². The van der Waals surface area contributed by atoms with Gasteiger partial charge in [-0.25, -0.2) is 0 Å². The molecule has 0 rings (SSSR count). The molecule has 0 spiro atoms. The Morgan fingerprint density at radius 2 is 1.80 bits per heavy atom. The van der Waals surface area contributed by atoms with Gasteiger partial charge in [0.2, 0.25) is 0 Å². The molecular weight excluding hydrogens is 124 g/mol. The lowest BCUT2D eigenvalue weighted by molar-refractivity contribution is 0.707. The molecule has 0 aliphatic carbocycles. The van der Waals surface area contributed by atoms with Crippen LogP contribution in [-0.4, -0.2) is 25.3 Å². The van der Waals surface area contributed by atoms with Crippen molar-refractivity contribution in [1.82, 2.24) is 4.90 Å².